The van der Waals surface area contributed by atoms with Crippen LogP contribution < -0.4 is 10.0 Å². The van der Waals surface area contributed by atoms with Gasteiger partial charge in [-0.05, 0) is 36.3 Å². The lowest BCUT2D eigenvalue weighted by Crippen LogP contribution is -2.40. The maximum atomic E-state index is 12.5. The van der Waals surface area contributed by atoms with Crippen molar-refractivity contribution < 1.29 is 13.2 Å². The van der Waals surface area contributed by atoms with Crippen LogP contribution in [0.1, 0.15) is 32.1 Å². The van der Waals surface area contributed by atoms with Gasteiger partial charge in [0.2, 0.25) is 0 Å². The Morgan fingerprint density at radius 2 is 2.00 bits per heavy atom. The second-order valence-corrected chi connectivity index (χ2v) is 8.25. The second kappa shape index (κ2) is 7.91. The standard InChI is InChI=1S/C16H23N7O3S/c1-22(13-8-4-3-5-9-13)16(24)17-12-7-6-10-14(11-12)27(25,26)20-15-18-21-23(2)19-15/h6-7,10-11,13H,3-5,8-9H2,1-2H3,(H,17,24)(H,19,20). The number of urea groups is 1. The molecule has 0 atom stereocenters. The van der Waals surface area contributed by atoms with E-state index in [9.17, 15) is 13.2 Å². The third-order valence-corrected chi connectivity index (χ3v) is 5.90. The van der Waals surface area contributed by atoms with Crippen LogP contribution in [0.25, 0.3) is 0 Å². The highest BCUT2D eigenvalue weighted by Gasteiger charge is 2.23. The lowest BCUT2D eigenvalue weighted by atomic mass is 9.95. The molecule has 2 N–H and O–H groups in total. The highest BCUT2D eigenvalue weighted by Crippen LogP contribution is 2.23. The van der Waals surface area contributed by atoms with Crippen LogP contribution in [0.15, 0.2) is 29.2 Å². The first-order valence-corrected chi connectivity index (χ1v) is 10.2. The van der Waals surface area contributed by atoms with E-state index in [2.05, 4.69) is 25.4 Å². The number of nitrogens with one attached hydrogen (secondary N) is 2. The molecule has 1 fully saturated rings. The fourth-order valence-electron chi connectivity index (χ4n) is 3.09. The Balaban J connectivity index is 1.70. The van der Waals surface area contributed by atoms with Gasteiger partial charge in [-0.3, -0.25) is 0 Å². The summed E-state index contributed by atoms with van der Waals surface area (Å²) >= 11 is 0. The predicted octanol–water partition coefficient (Wildman–Crippen LogP) is 1.81. The Hall–Kier alpha value is -2.69. The van der Waals surface area contributed by atoms with E-state index >= 15 is 0 Å². The number of carbonyl (C=O) groups is 1. The zero-order valence-electron chi connectivity index (χ0n) is 15.3. The maximum absolute atomic E-state index is 12.5. The molecule has 1 aromatic heterocycles. The Bertz CT molecular complexity index is 906. The number of amides is 2. The molecule has 0 saturated heterocycles. The topological polar surface area (TPSA) is 122 Å². The number of hydrogen-bond acceptors (Lipinski definition) is 6. The zero-order chi connectivity index (χ0) is 19.4. The Morgan fingerprint density at radius 1 is 1.26 bits per heavy atom. The second-order valence-electron chi connectivity index (χ2n) is 6.57. The van der Waals surface area contributed by atoms with Crippen LogP contribution >= 0.6 is 0 Å². The average molecular weight is 393 g/mol. The van der Waals surface area contributed by atoms with Crippen molar-refractivity contribution in [3.8, 4) is 0 Å². The number of benzene rings is 1. The first-order chi connectivity index (χ1) is 12.8. The number of aromatic nitrogens is 4. The SMILES string of the molecule is CN(C(=O)Nc1cccc(S(=O)(=O)Nc2nnn(C)n2)c1)C1CCCCC1. The molecular weight excluding hydrogens is 370 g/mol. The number of rotatable bonds is 5. The molecule has 1 aromatic carbocycles. The number of anilines is 2. The molecular formula is C16H23N7O3S. The van der Waals surface area contributed by atoms with Crippen molar-refractivity contribution in [3.05, 3.63) is 24.3 Å². The van der Waals surface area contributed by atoms with Crippen molar-refractivity contribution >= 4 is 27.7 Å². The molecule has 1 heterocycles. The number of sulfonamides is 1. The Kier molecular flexibility index (Phi) is 5.59. The highest BCUT2D eigenvalue weighted by molar-refractivity contribution is 7.92. The van der Waals surface area contributed by atoms with Gasteiger partial charge in [0, 0.05) is 18.8 Å². The smallest absolute Gasteiger partial charge is 0.321 e. The molecule has 27 heavy (non-hydrogen) atoms. The molecule has 146 valence electrons. The summed E-state index contributed by atoms with van der Waals surface area (Å²) in [6.45, 7) is 0. The molecule has 2 aromatic rings. The van der Waals surface area contributed by atoms with E-state index in [4.69, 9.17) is 0 Å². The van der Waals surface area contributed by atoms with Crippen LogP contribution in [0.3, 0.4) is 0 Å². The number of nitrogens with zero attached hydrogens (tertiary/aromatic N) is 5. The van der Waals surface area contributed by atoms with Crippen molar-refractivity contribution in [2.75, 3.05) is 17.1 Å². The van der Waals surface area contributed by atoms with E-state index < -0.39 is 10.0 Å². The van der Waals surface area contributed by atoms with Crippen molar-refractivity contribution in [1.82, 2.24) is 25.1 Å². The minimum Gasteiger partial charge on any atom is -0.325 e. The average Bonchev–Trinajstić information content (AvgIpc) is 3.06. The molecule has 0 unspecified atom stereocenters. The third kappa shape index (κ3) is 4.73. The summed E-state index contributed by atoms with van der Waals surface area (Å²) in [5.74, 6) is -0.121. The summed E-state index contributed by atoms with van der Waals surface area (Å²) in [4.78, 5) is 15.3. The van der Waals surface area contributed by atoms with Crippen LogP contribution in [0.2, 0.25) is 0 Å². The van der Waals surface area contributed by atoms with E-state index in [1.807, 2.05) is 0 Å². The molecule has 11 heteroatoms. The molecule has 1 aliphatic carbocycles. The Morgan fingerprint density at radius 3 is 2.67 bits per heavy atom. The summed E-state index contributed by atoms with van der Waals surface area (Å²) in [5, 5.41) is 13.8. The molecule has 0 radical (unpaired) electrons. The first-order valence-electron chi connectivity index (χ1n) is 8.76. The minimum atomic E-state index is -3.89. The molecule has 10 nitrogen and oxygen atoms in total. The van der Waals surface area contributed by atoms with Crippen LogP contribution in [0.5, 0.6) is 0 Å². The van der Waals surface area contributed by atoms with Gasteiger partial charge < -0.3 is 10.2 Å². The molecule has 1 aliphatic rings. The van der Waals surface area contributed by atoms with E-state index in [0.29, 0.717) is 5.69 Å². The van der Waals surface area contributed by atoms with Crippen molar-refractivity contribution in [2.24, 2.45) is 7.05 Å². The van der Waals surface area contributed by atoms with Gasteiger partial charge in [0.1, 0.15) is 0 Å². The van der Waals surface area contributed by atoms with Gasteiger partial charge in [-0.2, -0.15) is 4.80 Å². The number of tetrazole rings is 1. The number of carbonyl (C=O) groups excluding carboxylic acids is 1. The van der Waals surface area contributed by atoms with Gasteiger partial charge in [0.25, 0.3) is 16.0 Å². The lowest BCUT2D eigenvalue weighted by Gasteiger charge is -2.31. The summed E-state index contributed by atoms with van der Waals surface area (Å²) in [7, 11) is -0.590. The van der Waals surface area contributed by atoms with Gasteiger partial charge in [-0.1, -0.05) is 30.4 Å². The van der Waals surface area contributed by atoms with Crippen molar-refractivity contribution in [2.45, 2.75) is 43.0 Å². The van der Waals surface area contributed by atoms with Crippen LogP contribution in [0, 0.1) is 0 Å². The molecule has 3 rings (SSSR count). The van der Waals surface area contributed by atoms with E-state index in [1.54, 1.807) is 24.1 Å². The molecule has 0 spiro atoms. The summed E-state index contributed by atoms with van der Waals surface area (Å²) < 4.78 is 27.2. The van der Waals surface area contributed by atoms with Crippen LogP contribution in [0.4, 0.5) is 16.4 Å². The fraction of sp³-hybridized carbons (Fsp3) is 0.500. The highest BCUT2D eigenvalue weighted by atomic mass is 32.2. The molecule has 0 aliphatic heterocycles. The van der Waals surface area contributed by atoms with Crippen LogP contribution in [-0.4, -0.2) is 52.6 Å². The molecule has 1 saturated carbocycles. The minimum absolute atomic E-state index is 0.00641. The summed E-state index contributed by atoms with van der Waals surface area (Å²) in [5.41, 5.74) is 0.401. The normalized spacial score (nSPS) is 15.3. The molecule has 0 bridgehead atoms. The van der Waals surface area contributed by atoms with E-state index in [1.165, 1.54) is 25.6 Å². The van der Waals surface area contributed by atoms with Gasteiger partial charge in [0.15, 0.2) is 0 Å². The quantitative estimate of drug-likeness (QED) is 0.799. The van der Waals surface area contributed by atoms with Gasteiger partial charge in [-0.15, -0.1) is 5.10 Å². The van der Waals surface area contributed by atoms with Gasteiger partial charge in [0.05, 0.1) is 11.9 Å². The van der Waals surface area contributed by atoms with Gasteiger partial charge in [-0.25, -0.2) is 17.9 Å². The monoisotopic (exact) mass is 393 g/mol. The Labute approximate surface area is 158 Å². The van der Waals surface area contributed by atoms with Crippen molar-refractivity contribution in [1.29, 1.82) is 0 Å². The number of aryl methyl sites for hydroxylation is 1. The van der Waals surface area contributed by atoms with Crippen molar-refractivity contribution in [3.63, 3.8) is 0 Å². The van der Waals surface area contributed by atoms with E-state index in [0.717, 1.165) is 30.5 Å². The van der Waals surface area contributed by atoms with E-state index in [-0.39, 0.29) is 22.9 Å². The number of hydrogen-bond donors (Lipinski definition) is 2. The van der Waals surface area contributed by atoms with Crippen LogP contribution in [-0.2, 0) is 17.1 Å². The zero-order valence-corrected chi connectivity index (χ0v) is 16.1. The fourth-order valence-corrected chi connectivity index (χ4v) is 4.07. The predicted molar refractivity (Wildman–Crippen MR) is 99.7 cm³/mol. The summed E-state index contributed by atoms with van der Waals surface area (Å²) in [6, 6.07) is 6.00. The maximum Gasteiger partial charge on any atom is 0.321 e. The summed E-state index contributed by atoms with van der Waals surface area (Å²) in [6.07, 6.45) is 5.44. The molecule has 2 amide bonds. The first kappa shape index (κ1) is 19.1. The largest absolute Gasteiger partial charge is 0.325 e. The van der Waals surface area contributed by atoms with Gasteiger partial charge >= 0.3 is 6.03 Å². The third-order valence-electron chi connectivity index (χ3n) is 4.57. The lowest BCUT2D eigenvalue weighted by molar-refractivity contribution is 0.186.